The van der Waals surface area contributed by atoms with E-state index in [1.165, 1.54) is 0 Å². The summed E-state index contributed by atoms with van der Waals surface area (Å²) in [6.45, 7) is 15.1. The second kappa shape index (κ2) is 8.74. The van der Waals surface area contributed by atoms with Crippen LogP contribution in [0.25, 0.3) is 0 Å². The Morgan fingerprint density at radius 3 is 2.09 bits per heavy atom. The minimum Gasteiger partial charge on any atom is -0.392 e. The van der Waals surface area contributed by atoms with E-state index < -0.39 is 0 Å². The molecular weight excluding hydrogens is 294 g/mol. The van der Waals surface area contributed by atoms with Gasteiger partial charge >= 0.3 is 0 Å². The normalized spacial score (nSPS) is 34.4. The highest BCUT2D eigenvalue weighted by Crippen LogP contribution is 2.13. The Morgan fingerprint density at radius 1 is 0.913 bits per heavy atom. The molecule has 6 nitrogen and oxygen atoms in total. The van der Waals surface area contributed by atoms with Crippen LogP contribution in [0.5, 0.6) is 0 Å². The van der Waals surface area contributed by atoms with Crippen molar-refractivity contribution in [3.05, 3.63) is 0 Å². The molecule has 0 amide bonds. The number of hydrogen-bond acceptors (Lipinski definition) is 6. The van der Waals surface area contributed by atoms with Crippen molar-refractivity contribution >= 4 is 0 Å². The number of β-amino-alcohol motifs (C(OH)–C–C–N with tert-alkyl or cyclic N) is 2. The van der Waals surface area contributed by atoms with E-state index in [9.17, 15) is 10.2 Å². The molecule has 0 aromatic rings. The molecule has 0 aliphatic carbocycles. The van der Waals surface area contributed by atoms with E-state index in [-0.39, 0.29) is 24.4 Å². The van der Waals surface area contributed by atoms with Gasteiger partial charge in [0.2, 0.25) is 0 Å². The Kier molecular flexibility index (Phi) is 7.25. The van der Waals surface area contributed by atoms with Gasteiger partial charge in [-0.05, 0) is 27.7 Å². The van der Waals surface area contributed by atoms with Gasteiger partial charge in [0.15, 0.2) is 0 Å². The minimum atomic E-state index is -0.317. The van der Waals surface area contributed by atoms with E-state index in [0.717, 1.165) is 52.4 Å². The molecule has 6 heteroatoms. The molecule has 2 saturated heterocycles. The highest BCUT2D eigenvalue weighted by Gasteiger charge is 2.28. The van der Waals surface area contributed by atoms with Crippen LogP contribution in [-0.4, -0.2) is 108 Å². The molecule has 23 heavy (non-hydrogen) atoms. The van der Waals surface area contributed by atoms with Crippen molar-refractivity contribution in [1.82, 2.24) is 14.7 Å². The summed E-state index contributed by atoms with van der Waals surface area (Å²) >= 11 is 0. The molecule has 0 saturated carbocycles. The third-order valence-electron chi connectivity index (χ3n) is 4.78. The van der Waals surface area contributed by atoms with Gasteiger partial charge in [0.1, 0.15) is 0 Å². The van der Waals surface area contributed by atoms with Crippen LogP contribution in [0.1, 0.15) is 27.7 Å². The minimum absolute atomic E-state index is 0.245. The number of nitrogens with zero attached hydrogens (tertiary/aromatic N) is 3. The number of ether oxygens (including phenoxy) is 1. The topological polar surface area (TPSA) is 59.4 Å². The fourth-order valence-corrected chi connectivity index (χ4v) is 3.93. The first kappa shape index (κ1) is 19.1. The quantitative estimate of drug-likeness (QED) is 0.706. The average Bonchev–Trinajstić information content (AvgIpc) is 2.40. The Morgan fingerprint density at radius 2 is 1.52 bits per heavy atom. The van der Waals surface area contributed by atoms with Gasteiger partial charge in [0.05, 0.1) is 24.4 Å². The second-order valence-electron chi connectivity index (χ2n) is 7.58. The van der Waals surface area contributed by atoms with Crippen molar-refractivity contribution in [2.24, 2.45) is 0 Å². The summed E-state index contributed by atoms with van der Waals surface area (Å²) in [5.41, 5.74) is 0. The number of hydrogen-bond donors (Lipinski definition) is 2. The molecule has 2 aliphatic heterocycles. The fourth-order valence-electron chi connectivity index (χ4n) is 3.93. The van der Waals surface area contributed by atoms with Gasteiger partial charge in [-0.15, -0.1) is 0 Å². The van der Waals surface area contributed by atoms with Crippen LogP contribution in [0.3, 0.4) is 0 Å². The van der Waals surface area contributed by atoms with Crippen molar-refractivity contribution in [2.75, 3.05) is 52.4 Å². The molecule has 0 radical (unpaired) electrons. The van der Waals surface area contributed by atoms with Crippen molar-refractivity contribution in [1.29, 1.82) is 0 Å². The van der Waals surface area contributed by atoms with Gasteiger partial charge in [0.25, 0.3) is 0 Å². The van der Waals surface area contributed by atoms with Crippen LogP contribution >= 0.6 is 0 Å². The predicted molar refractivity (Wildman–Crippen MR) is 91.6 cm³/mol. The maximum absolute atomic E-state index is 10.4. The van der Waals surface area contributed by atoms with Crippen LogP contribution in [0.4, 0.5) is 0 Å². The molecule has 2 heterocycles. The van der Waals surface area contributed by atoms with E-state index in [1.807, 2.05) is 6.92 Å². The summed E-state index contributed by atoms with van der Waals surface area (Å²) in [5.74, 6) is 0. The lowest BCUT2D eigenvalue weighted by Gasteiger charge is -2.42. The summed E-state index contributed by atoms with van der Waals surface area (Å²) in [4.78, 5) is 7.00. The van der Waals surface area contributed by atoms with Crippen LogP contribution in [0.2, 0.25) is 0 Å². The van der Waals surface area contributed by atoms with Crippen LogP contribution in [0, 0.1) is 0 Å². The highest BCUT2D eigenvalue weighted by atomic mass is 16.5. The SMILES string of the molecule is C[C@H](O)CN1CCN(C[C@H](O)CN2C[C@H](C)O[C@@H](C)C2)C[C@H]1C. The number of rotatable bonds is 6. The number of aliphatic hydroxyl groups is 2. The zero-order chi connectivity index (χ0) is 17.0. The van der Waals surface area contributed by atoms with Crippen molar-refractivity contribution in [2.45, 2.75) is 58.2 Å². The molecule has 0 aromatic carbocycles. The summed E-state index contributed by atoms with van der Waals surface area (Å²) in [6, 6.07) is 0.425. The first-order valence-corrected chi connectivity index (χ1v) is 9.03. The van der Waals surface area contributed by atoms with Crippen LogP contribution < -0.4 is 0 Å². The van der Waals surface area contributed by atoms with E-state index in [0.29, 0.717) is 6.04 Å². The highest BCUT2D eigenvalue weighted by molar-refractivity contribution is 4.83. The first-order valence-electron chi connectivity index (χ1n) is 9.03. The fraction of sp³-hybridized carbons (Fsp3) is 1.00. The van der Waals surface area contributed by atoms with Crippen LogP contribution in [0.15, 0.2) is 0 Å². The second-order valence-corrected chi connectivity index (χ2v) is 7.58. The van der Waals surface area contributed by atoms with E-state index in [4.69, 9.17) is 4.74 Å². The molecule has 136 valence electrons. The summed E-state index contributed by atoms with van der Waals surface area (Å²) in [7, 11) is 0. The Balaban J connectivity index is 1.72. The molecule has 2 fully saturated rings. The van der Waals surface area contributed by atoms with Gasteiger partial charge in [-0.25, -0.2) is 0 Å². The lowest BCUT2D eigenvalue weighted by molar-refractivity contribution is -0.0790. The van der Waals surface area contributed by atoms with Gasteiger partial charge in [-0.3, -0.25) is 14.7 Å². The summed E-state index contributed by atoms with van der Waals surface area (Å²) in [5, 5.41) is 20.0. The lowest BCUT2D eigenvalue weighted by Crippen LogP contribution is -2.56. The molecule has 2 N–H and O–H groups in total. The standard InChI is InChI=1S/C17H35N3O3/c1-13-7-18(5-6-20(13)8-14(2)21)11-17(22)12-19-9-15(3)23-16(4)10-19/h13-17,21-22H,5-12H2,1-4H3/t13-,14+,15+,16+,17+/m1/s1. The Bertz CT molecular complexity index is 346. The predicted octanol–water partition coefficient (Wildman–Crippen LogP) is -0.157. The number of aliphatic hydroxyl groups excluding tert-OH is 2. The molecule has 5 atom stereocenters. The van der Waals surface area contributed by atoms with Gasteiger partial charge in [-0.2, -0.15) is 0 Å². The van der Waals surface area contributed by atoms with Crippen molar-refractivity contribution in [3.63, 3.8) is 0 Å². The average molecular weight is 329 g/mol. The molecule has 0 unspecified atom stereocenters. The molecule has 0 bridgehead atoms. The largest absolute Gasteiger partial charge is 0.392 e. The summed E-state index contributed by atoms with van der Waals surface area (Å²) < 4.78 is 5.75. The zero-order valence-electron chi connectivity index (χ0n) is 15.2. The Hall–Kier alpha value is -0.240. The van der Waals surface area contributed by atoms with E-state index >= 15 is 0 Å². The summed E-state index contributed by atoms with van der Waals surface area (Å²) in [6.07, 6.45) is -0.104. The molecule has 2 rings (SSSR count). The van der Waals surface area contributed by atoms with Crippen LogP contribution in [-0.2, 0) is 4.74 Å². The monoisotopic (exact) mass is 329 g/mol. The van der Waals surface area contributed by atoms with Crippen molar-refractivity contribution < 1.29 is 14.9 Å². The number of piperazine rings is 1. The lowest BCUT2D eigenvalue weighted by atomic mass is 10.1. The van der Waals surface area contributed by atoms with E-state index in [2.05, 4.69) is 35.5 Å². The van der Waals surface area contributed by atoms with Gasteiger partial charge in [0, 0.05) is 58.4 Å². The van der Waals surface area contributed by atoms with Crippen molar-refractivity contribution in [3.8, 4) is 0 Å². The third kappa shape index (κ3) is 6.29. The molecule has 0 aromatic heterocycles. The van der Waals surface area contributed by atoms with Gasteiger partial charge < -0.3 is 14.9 Å². The smallest absolute Gasteiger partial charge is 0.0793 e. The maximum Gasteiger partial charge on any atom is 0.0793 e. The zero-order valence-corrected chi connectivity index (χ0v) is 15.2. The van der Waals surface area contributed by atoms with E-state index in [1.54, 1.807) is 0 Å². The maximum atomic E-state index is 10.4. The first-order chi connectivity index (χ1) is 10.8. The number of morpholine rings is 1. The molecule has 0 spiro atoms. The third-order valence-corrected chi connectivity index (χ3v) is 4.78. The Labute approximate surface area is 141 Å². The molecule has 2 aliphatic rings. The molecular formula is C17H35N3O3. The van der Waals surface area contributed by atoms with Gasteiger partial charge in [-0.1, -0.05) is 0 Å².